The average Bonchev–Trinajstić information content (AvgIpc) is 2.27. The first kappa shape index (κ1) is 11.8. The molecule has 0 aliphatic carbocycles. The minimum absolute atomic E-state index is 0.0396. The molecule has 1 fully saturated rings. The lowest BCUT2D eigenvalue weighted by Crippen LogP contribution is -2.38. The Morgan fingerprint density at radius 2 is 2.29 bits per heavy atom. The lowest BCUT2D eigenvalue weighted by molar-refractivity contribution is -0.132. The van der Waals surface area contributed by atoms with Crippen LogP contribution in [0.3, 0.4) is 0 Å². The van der Waals surface area contributed by atoms with E-state index in [4.69, 9.17) is 0 Å². The first-order valence-electron chi connectivity index (χ1n) is 5.93. The molecule has 1 atom stereocenters. The summed E-state index contributed by atoms with van der Waals surface area (Å²) in [4.78, 5) is 31.8. The molecule has 1 aliphatic heterocycles. The van der Waals surface area contributed by atoms with Crippen molar-refractivity contribution in [1.82, 2.24) is 14.9 Å². The number of aryl methyl sites for hydroxylation is 1. The Kier molecular flexibility index (Phi) is 3.26. The van der Waals surface area contributed by atoms with Crippen LogP contribution in [0.15, 0.2) is 10.9 Å². The van der Waals surface area contributed by atoms with Gasteiger partial charge in [0.15, 0.2) is 0 Å². The Balaban J connectivity index is 2.35. The number of H-pyrrole nitrogens is 1. The maximum Gasteiger partial charge on any atom is 0.251 e. The summed E-state index contributed by atoms with van der Waals surface area (Å²) in [5.74, 6) is 0.649. The van der Waals surface area contributed by atoms with Crippen molar-refractivity contribution in [2.45, 2.75) is 39.2 Å². The summed E-state index contributed by atoms with van der Waals surface area (Å²) < 4.78 is 0. The summed E-state index contributed by atoms with van der Waals surface area (Å²) >= 11 is 0. The molecule has 5 heteroatoms. The van der Waals surface area contributed by atoms with Crippen molar-refractivity contribution in [3.8, 4) is 0 Å². The van der Waals surface area contributed by atoms with E-state index in [2.05, 4.69) is 9.97 Å². The molecule has 0 spiro atoms. The van der Waals surface area contributed by atoms with Crippen molar-refractivity contribution in [2.75, 3.05) is 6.54 Å². The third kappa shape index (κ3) is 2.54. The van der Waals surface area contributed by atoms with Gasteiger partial charge in [0, 0.05) is 19.5 Å². The van der Waals surface area contributed by atoms with Crippen LogP contribution >= 0.6 is 0 Å². The van der Waals surface area contributed by atoms with Crippen LogP contribution in [0.25, 0.3) is 0 Å². The van der Waals surface area contributed by atoms with E-state index in [-0.39, 0.29) is 17.5 Å². The van der Waals surface area contributed by atoms with Crippen molar-refractivity contribution in [3.63, 3.8) is 0 Å². The summed E-state index contributed by atoms with van der Waals surface area (Å²) in [6.45, 7) is 4.08. The molecular weight excluding hydrogens is 218 g/mol. The Bertz CT molecular complexity index is 481. The predicted octanol–water partition coefficient (Wildman–Crippen LogP) is 1.15. The number of carbonyl (C=O) groups excluding carboxylic acids is 1. The van der Waals surface area contributed by atoms with E-state index in [1.165, 1.54) is 6.07 Å². The van der Waals surface area contributed by atoms with Crippen LogP contribution in [0, 0.1) is 6.92 Å². The number of rotatable bonds is 1. The number of hydrogen-bond donors (Lipinski definition) is 1. The zero-order valence-corrected chi connectivity index (χ0v) is 10.2. The van der Waals surface area contributed by atoms with Crippen molar-refractivity contribution in [3.05, 3.63) is 27.9 Å². The maximum atomic E-state index is 11.6. The predicted molar refractivity (Wildman–Crippen MR) is 63.6 cm³/mol. The highest BCUT2D eigenvalue weighted by molar-refractivity contribution is 5.73. The second-order valence-corrected chi connectivity index (χ2v) is 4.48. The van der Waals surface area contributed by atoms with Crippen LogP contribution in [-0.4, -0.2) is 27.3 Å². The van der Waals surface area contributed by atoms with E-state index in [0.29, 0.717) is 11.5 Å². The summed E-state index contributed by atoms with van der Waals surface area (Å²) in [7, 11) is 0. The standard InChI is InChI=1S/C12H17N3O2/c1-8-13-10(7-12(17)14-8)11-5-3-4-6-15(11)9(2)16/h7,11H,3-6H2,1-2H3,(H,13,14,17)/t11-/m0/s1. The number of nitrogens with zero attached hydrogens (tertiary/aromatic N) is 2. The summed E-state index contributed by atoms with van der Waals surface area (Å²) in [6, 6.07) is 1.46. The van der Waals surface area contributed by atoms with E-state index in [0.717, 1.165) is 25.8 Å². The fourth-order valence-electron chi connectivity index (χ4n) is 2.39. The highest BCUT2D eigenvalue weighted by atomic mass is 16.2. The van der Waals surface area contributed by atoms with Gasteiger partial charge in [-0.15, -0.1) is 0 Å². The molecule has 1 amide bonds. The normalized spacial score (nSPS) is 20.4. The zero-order chi connectivity index (χ0) is 12.4. The largest absolute Gasteiger partial charge is 0.334 e. The summed E-state index contributed by atoms with van der Waals surface area (Å²) in [6.07, 6.45) is 2.98. The molecule has 1 aliphatic rings. The molecule has 0 unspecified atom stereocenters. The van der Waals surface area contributed by atoms with E-state index < -0.39 is 0 Å². The van der Waals surface area contributed by atoms with Crippen LogP contribution in [-0.2, 0) is 4.79 Å². The highest BCUT2D eigenvalue weighted by Crippen LogP contribution is 2.29. The lowest BCUT2D eigenvalue weighted by Gasteiger charge is -2.34. The van der Waals surface area contributed by atoms with E-state index >= 15 is 0 Å². The fourth-order valence-corrected chi connectivity index (χ4v) is 2.39. The SMILES string of the molecule is CC(=O)N1CCCC[C@H]1c1cc(=O)[nH]c(C)n1. The topological polar surface area (TPSA) is 66.1 Å². The molecule has 1 saturated heterocycles. The monoisotopic (exact) mass is 235 g/mol. The van der Waals surface area contributed by atoms with Gasteiger partial charge < -0.3 is 9.88 Å². The zero-order valence-electron chi connectivity index (χ0n) is 10.2. The molecule has 2 heterocycles. The van der Waals surface area contributed by atoms with Gasteiger partial charge in [0.1, 0.15) is 5.82 Å². The molecule has 0 radical (unpaired) electrons. The highest BCUT2D eigenvalue weighted by Gasteiger charge is 2.27. The van der Waals surface area contributed by atoms with Crippen molar-refractivity contribution >= 4 is 5.91 Å². The Morgan fingerprint density at radius 1 is 1.53 bits per heavy atom. The second kappa shape index (κ2) is 4.69. The molecule has 1 aromatic rings. The van der Waals surface area contributed by atoms with Crippen molar-refractivity contribution in [1.29, 1.82) is 0 Å². The van der Waals surface area contributed by atoms with Gasteiger partial charge in [0.2, 0.25) is 5.91 Å². The van der Waals surface area contributed by atoms with Crippen molar-refractivity contribution < 1.29 is 4.79 Å². The maximum absolute atomic E-state index is 11.6. The molecule has 2 rings (SSSR count). The minimum Gasteiger partial charge on any atom is -0.334 e. The molecule has 17 heavy (non-hydrogen) atoms. The number of carbonyl (C=O) groups is 1. The van der Waals surface area contributed by atoms with Gasteiger partial charge in [-0.25, -0.2) is 4.98 Å². The molecule has 92 valence electrons. The third-order valence-corrected chi connectivity index (χ3v) is 3.13. The van der Waals surface area contributed by atoms with Gasteiger partial charge in [0.05, 0.1) is 11.7 Å². The fraction of sp³-hybridized carbons (Fsp3) is 0.583. The lowest BCUT2D eigenvalue weighted by atomic mass is 9.99. The molecule has 0 aromatic carbocycles. The number of aromatic amines is 1. The smallest absolute Gasteiger partial charge is 0.251 e. The van der Waals surface area contributed by atoms with E-state index in [1.54, 1.807) is 13.8 Å². The average molecular weight is 235 g/mol. The summed E-state index contributed by atoms with van der Waals surface area (Å²) in [5, 5.41) is 0. The van der Waals surface area contributed by atoms with Crippen molar-refractivity contribution in [2.24, 2.45) is 0 Å². The first-order chi connectivity index (χ1) is 8.08. The number of likely N-dealkylation sites (tertiary alicyclic amines) is 1. The minimum atomic E-state index is -0.151. The summed E-state index contributed by atoms with van der Waals surface area (Å²) in [5.41, 5.74) is 0.558. The van der Waals surface area contributed by atoms with Crippen LogP contribution in [0.2, 0.25) is 0 Å². The number of hydrogen-bond acceptors (Lipinski definition) is 3. The van der Waals surface area contributed by atoms with E-state index in [1.807, 2.05) is 4.90 Å². The van der Waals surface area contributed by atoms with Crippen LogP contribution < -0.4 is 5.56 Å². The molecule has 1 N–H and O–H groups in total. The van der Waals surface area contributed by atoms with E-state index in [9.17, 15) is 9.59 Å². The molecular formula is C12H17N3O2. The third-order valence-electron chi connectivity index (χ3n) is 3.13. The Hall–Kier alpha value is -1.65. The molecule has 0 bridgehead atoms. The van der Waals surface area contributed by atoms with Gasteiger partial charge in [-0.05, 0) is 26.2 Å². The van der Waals surface area contributed by atoms with Gasteiger partial charge in [0.25, 0.3) is 5.56 Å². The van der Waals surface area contributed by atoms with Crippen LogP contribution in [0.4, 0.5) is 0 Å². The Morgan fingerprint density at radius 3 is 2.94 bits per heavy atom. The Labute approximate surface area is 99.9 Å². The number of piperidine rings is 1. The first-order valence-corrected chi connectivity index (χ1v) is 5.93. The molecule has 1 aromatic heterocycles. The van der Waals surface area contributed by atoms with Gasteiger partial charge >= 0.3 is 0 Å². The van der Waals surface area contributed by atoms with Gasteiger partial charge in [-0.2, -0.15) is 0 Å². The quantitative estimate of drug-likeness (QED) is 0.794. The number of aromatic nitrogens is 2. The molecule has 0 saturated carbocycles. The molecule has 5 nitrogen and oxygen atoms in total. The van der Waals surface area contributed by atoms with Crippen LogP contribution in [0.5, 0.6) is 0 Å². The van der Waals surface area contributed by atoms with Crippen LogP contribution in [0.1, 0.15) is 43.7 Å². The van der Waals surface area contributed by atoms with Gasteiger partial charge in [-0.3, -0.25) is 9.59 Å². The van der Waals surface area contributed by atoms with Gasteiger partial charge in [-0.1, -0.05) is 0 Å². The number of amides is 1. The number of nitrogens with one attached hydrogen (secondary N) is 1. The second-order valence-electron chi connectivity index (χ2n) is 4.48.